The van der Waals surface area contributed by atoms with Crippen molar-refractivity contribution in [2.45, 2.75) is 70.0 Å². The summed E-state index contributed by atoms with van der Waals surface area (Å²) in [5.74, 6) is -0.156. The molecule has 31 heavy (non-hydrogen) atoms. The van der Waals surface area contributed by atoms with E-state index in [1.54, 1.807) is 10.9 Å². The van der Waals surface area contributed by atoms with E-state index in [9.17, 15) is 14.7 Å². The van der Waals surface area contributed by atoms with Gasteiger partial charge in [0, 0.05) is 18.8 Å². The van der Waals surface area contributed by atoms with Crippen molar-refractivity contribution in [3.63, 3.8) is 0 Å². The van der Waals surface area contributed by atoms with E-state index < -0.39 is 16.8 Å². The molecule has 1 amide bonds. The van der Waals surface area contributed by atoms with E-state index in [1.165, 1.54) is 25.3 Å². The third-order valence-electron chi connectivity index (χ3n) is 7.49. The third-order valence-corrected chi connectivity index (χ3v) is 7.49. The minimum absolute atomic E-state index is 0.108. The van der Waals surface area contributed by atoms with Crippen molar-refractivity contribution in [2.24, 2.45) is 5.92 Å². The molecule has 0 atom stereocenters. The average molecular weight is 422 g/mol. The van der Waals surface area contributed by atoms with Crippen LogP contribution in [0.5, 0.6) is 5.75 Å². The Hall–Kier alpha value is -2.76. The normalized spacial score (nSPS) is 21.0. The Morgan fingerprint density at radius 2 is 1.65 bits per heavy atom. The van der Waals surface area contributed by atoms with Crippen LogP contribution in [0.2, 0.25) is 0 Å². The van der Waals surface area contributed by atoms with E-state index in [0.29, 0.717) is 19.0 Å². The first-order valence-corrected chi connectivity index (χ1v) is 11.7. The van der Waals surface area contributed by atoms with E-state index >= 15 is 0 Å². The zero-order valence-corrected chi connectivity index (χ0v) is 18.0. The Morgan fingerprint density at radius 1 is 0.935 bits per heavy atom. The first-order valence-electron chi connectivity index (χ1n) is 11.7. The fourth-order valence-electron chi connectivity index (χ4n) is 5.90. The maximum absolute atomic E-state index is 13.8. The highest BCUT2D eigenvalue weighted by Crippen LogP contribution is 2.44. The van der Waals surface area contributed by atoms with Crippen LogP contribution >= 0.6 is 0 Å². The smallest absolute Gasteiger partial charge is 0.278 e. The van der Waals surface area contributed by atoms with Crippen molar-refractivity contribution in [3.8, 4) is 5.75 Å². The summed E-state index contributed by atoms with van der Waals surface area (Å²) in [4.78, 5) is 28.1. The second kappa shape index (κ2) is 8.06. The van der Waals surface area contributed by atoms with Gasteiger partial charge in [-0.25, -0.2) is 0 Å². The van der Waals surface area contributed by atoms with Crippen LogP contribution in [0.15, 0.2) is 47.4 Å². The topological polar surface area (TPSA) is 65.8 Å². The monoisotopic (exact) mass is 421 g/mol. The van der Waals surface area contributed by atoms with E-state index in [1.807, 2.05) is 23.1 Å². The van der Waals surface area contributed by atoms with Crippen LogP contribution < -0.4 is 10.4 Å². The van der Waals surface area contributed by atoms with E-state index in [4.69, 9.17) is 0 Å². The molecule has 1 aliphatic heterocycles. The van der Waals surface area contributed by atoms with Gasteiger partial charge < -0.3 is 10.0 Å². The molecule has 3 aliphatic rings. The summed E-state index contributed by atoms with van der Waals surface area (Å²) >= 11 is 0. The molecule has 1 spiro atoms. The zero-order valence-electron chi connectivity index (χ0n) is 18.0. The van der Waals surface area contributed by atoms with Crippen molar-refractivity contribution in [1.29, 1.82) is 0 Å². The Morgan fingerprint density at radius 3 is 2.35 bits per heavy atom. The number of rotatable bonds is 4. The Bertz CT molecular complexity index is 1000. The lowest BCUT2D eigenvalue weighted by molar-refractivity contribution is 0.0169. The number of fused-ring (bicyclic) bond motifs is 1. The molecule has 6 heteroatoms. The van der Waals surface area contributed by atoms with Gasteiger partial charge in [-0.1, -0.05) is 49.6 Å². The first-order chi connectivity index (χ1) is 15.1. The Labute approximate surface area is 183 Å². The summed E-state index contributed by atoms with van der Waals surface area (Å²) < 4.78 is 1.76. The predicted octanol–water partition coefficient (Wildman–Crippen LogP) is 4.00. The highest BCUT2D eigenvalue weighted by molar-refractivity contribution is 5.97. The van der Waals surface area contributed by atoms with Gasteiger partial charge in [-0.15, -0.1) is 0 Å². The summed E-state index contributed by atoms with van der Waals surface area (Å²) in [5.41, 5.74) is 0.333. The number of pyridine rings is 1. The molecule has 1 aromatic carbocycles. The Balaban J connectivity index is 1.63. The average Bonchev–Trinajstić information content (AvgIpc) is 3.28. The van der Waals surface area contributed by atoms with Crippen LogP contribution in [0.3, 0.4) is 0 Å². The molecule has 6 nitrogen and oxygen atoms in total. The predicted molar refractivity (Wildman–Crippen MR) is 120 cm³/mol. The van der Waals surface area contributed by atoms with Crippen molar-refractivity contribution < 1.29 is 9.90 Å². The van der Waals surface area contributed by atoms with E-state index in [0.717, 1.165) is 44.1 Å². The minimum Gasteiger partial charge on any atom is -0.502 e. The molecule has 2 aliphatic carbocycles. The molecule has 2 fully saturated rings. The third kappa shape index (κ3) is 3.42. The summed E-state index contributed by atoms with van der Waals surface area (Å²) in [6, 6.07) is 11.6. The molecular formula is C25H31N3O3. The number of hydrogen-bond acceptors (Lipinski definition) is 4. The number of nitrogens with zero attached hydrogens (tertiary/aromatic N) is 3. The first kappa shape index (κ1) is 20.2. The number of aromatic hydroxyl groups is 1. The zero-order chi connectivity index (χ0) is 21.4. The number of carbonyl (C=O) groups excluding carboxylic acids is 1. The van der Waals surface area contributed by atoms with Gasteiger partial charge in [-0.05, 0) is 50.0 Å². The molecule has 0 saturated heterocycles. The summed E-state index contributed by atoms with van der Waals surface area (Å²) in [5, 5.41) is 12.9. The number of hydrogen-bond donors (Lipinski definition) is 1. The van der Waals surface area contributed by atoms with Gasteiger partial charge in [0.05, 0.1) is 6.54 Å². The molecule has 164 valence electrons. The van der Waals surface area contributed by atoms with E-state index in [-0.39, 0.29) is 11.6 Å². The van der Waals surface area contributed by atoms with Crippen LogP contribution in [0.1, 0.15) is 73.8 Å². The highest BCUT2D eigenvalue weighted by atomic mass is 16.3. The van der Waals surface area contributed by atoms with Gasteiger partial charge in [0.25, 0.3) is 5.91 Å². The lowest BCUT2D eigenvalue weighted by atomic mass is 9.87. The molecule has 2 heterocycles. The van der Waals surface area contributed by atoms with Crippen LogP contribution in [-0.4, -0.2) is 32.8 Å². The largest absolute Gasteiger partial charge is 0.502 e. The number of carbonyl (C=O) groups is 1. The van der Waals surface area contributed by atoms with Crippen molar-refractivity contribution in [3.05, 3.63) is 64.1 Å². The minimum atomic E-state index is -0.501. The SMILES string of the molecule is O=C1c2c(O)c(=O)ccn2N(Cc2ccccc2)C2(CCCC2)N1CC1CCCCC1. The van der Waals surface area contributed by atoms with Crippen LogP contribution in [0.4, 0.5) is 0 Å². The fourth-order valence-corrected chi connectivity index (χ4v) is 5.90. The van der Waals surface area contributed by atoms with Crippen molar-refractivity contribution >= 4 is 5.91 Å². The molecule has 2 aromatic rings. The van der Waals surface area contributed by atoms with E-state index in [2.05, 4.69) is 17.1 Å². The second-order valence-electron chi connectivity index (χ2n) is 9.37. The van der Waals surface area contributed by atoms with Gasteiger partial charge in [-0.2, -0.15) is 0 Å². The highest BCUT2D eigenvalue weighted by Gasteiger charge is 2.52. The number of benzene rings is 1. The maximum atomic E-state index is 13.8. The molecule has 5 rings (SSSR count). The number of aromatic nitrogens is 1. The maximum Gasteiger partial charge on any atom is 0.278 e. The molecule has 0 unspecified atom stereocenters. The van der Waals surface area contributed by atoms with Gasteiger partial charge in [0.1, 0.15) is 5.66 Å². The van der Waals surface area contributed by atoms with Crippen LogP contribution in [0, 0.1) is 5.92 Å². The molecule has 1 N–H and O–H groups in total. The van der Waals surface area contributed by atoms with Crippen LogP contribution in [0.25, 0.3) is 0 Å². The molecule has 2 saturated carbocycles. The van der Waals surface area contributed by atoms with Gasteiger partial charge in [0.15, 0.2) is 11.4 Å². The van der Waals surface area contributed by atoms with Gasteiger partial charge in [-0.3, -0.25) is 19.3 Å². The standard InChI is InChI=1S/C25H31N3O3/c29-21-13-16-27-22(23(21)30)24(31)26(17-19-9-3-1-4-10-19)25(14-7-8-15-25)28(27)18-20-11-5-2-6-12-20/h2,5-6,11-13,16,19,30H,1,3-4,7-10,14-15,17-18H2. The summed E-state index contributed by atoms with van der Waals surface area (Å²) in [6.45, 7) is 1.32. The molecular weight excluding hydrogens is 390 g/mol. The summed E-state index contributed by atoms with van der Waals surface area (Å²) in [6.07, 6.45) is 11.6. The van der Waals surface area contributed by atoms with Gasteiger partial charge >= 0.3 is 0 Å². The Kier molecular flexibility index (Phi) is 5.24. The molecule has 0 radical (unpaired) electrons. The van der Waals surface area contributed by atoms with Gasteiger partial charge in [0.2, 0.25) is 5.43 Å². The number of amides is 1. The lowest BCUT2D eigenvalue weighted by Crippen LogP contribution is -2.69. The molecule has 0 bridgehead atoms. The second-order valence-corrected chi connectivity index (χ2v) is 9.37. The van der Waals surface area contributed by atoms with Crippen LogP contribution in [-0.2, 0) is 6.54 Å². The fraction of sp³-hybridized carbons (Fsp3) is 0.520. The quantitative estimate of drug-likeness (QED) is 0.810. The van der Waals surface area contributed by atoms with Crippen molar-refractivity contribution in [2.75, 3.05) is 11.6 Å². The summed E-state index contributed by atoms with van der Waals surface area (Å²) in [7, 11) is 0. The lowest BCUT2D eigenvalue weighted by Gasteiger charge is -2.55. The molecule has 1 aromatic heterocycles. The van der Waals surface area contributed by atoms with Crippen molar-refractivity contribution in [1.82, 2.24) is 9.58 Å².